The molecule has 0 saturated carbocycles. The summed E-state index contributed by atoms with van der Waals surface area (Å²) in [6.07, 6.45) is 1.82. The molecular formula is C13H17N3O. The molecule has 2 rings (SSSR count). The summed E-state index contributed by atoms with van der Waals surface area (Å²) in [5, 5.41) is 4.36. The minimum absolute atomic E-state index is 0.00185. The number of nitrogens with zero attached hydrogens (tertiary/aromatic N) is 2. The van der Waals surface area contributed by atoms with Crippen LogP contribution in [0.2, 0.25) is 0 Å². The van der Waals surface area contributed by atoms with Gasteiger partial charge in [-0.1, -0.05) is 0 Å². The van der Waals surface area contributed by atoms with Crippen LogP contribution in [0, 0.1) is 6.92 Å². The molecule has 0 saturated heterocycles. The zero-order valence-electron chi connectivity index (χ0n) is 10.3. The molecule has 90 valence electrons. The third kappa shape index (κ3) is 2.17. The van der Waals surface area contributed by atoms with Gasteiger partial charge in [0.25, 0.3) is 0 Å². The van der Waals surface area contributed by atoms with E-state index in [9.17, 15) is 0 Å². The first kappa shape index (κ1) is 11.7. The summed E-state index contributed by atoms with van der Waals surface area (Å²) in [6.45, 7) is 3.98. The highest BCUT2D eigenvalue weighted by atomic mass is 16.5. The van der Waals surface area contributed by atoms with Crippen molar-refractivity contribution in [3.63, 3.8) is 0 Å². The minimum atomic E-state index is 0.00185. The van der Waals surface area contributed by atoms with Gasteiger partial charge in [-0.15, -0.1) is 0 Å². The topological polar surface area (TPSA) is 53.1 Å². The maximum Gasteiger partial charge on any atom is 0.119 e. The predicted octanol–water partition coefficient (Wildman–Crippen LogP) is 2.21. The lowest BCUT2D eigenvalue weighted by atomic mass is 10.1. The maximum absolute atomic E-state index is 5.88. The number of aromatic nitrogens is 2. The Morgan fingerprint density at radius 1 is 1.29 bits per heavy atom. The van der Waals surface area contributed by atoms with Crippen LogP contribution in [-0.2, 0) is 0 Å². The van der Waals surface area contributed by atoms with Gasteiger partial charge in [0.2, 0.25) is 0 Å². The molecule has 4 heteroatoms. The number of benzene rings is 1. The normalized spacial score (nSPS) is 12.5. The molecule has 0 fully saturated rings. The van der Waals surface area contributed by atoms with E-state index >= 15 is 0 Å². The van der Waals surface area contributed by atoms with Gasteiger partial charge in [-0.25, -0.2) is 4.68 Å². The van der Waals surface area contributed by atoms with Gasteiger partial charge in [0.1, 0.15) is 5.75 Å². The quantitative estimate of drug-likeness (QED) is 0.881. The summed E-state index contributed by atoms with van der Waals surface area (Å²) < 4.78 is 7.02. The Labute approximate surface area is 101 Å². The summed E-state index contributed by atoms with van der Waals surface area (Å²) in [7, 11) is 1.66. The SMILES string of the molecule is COc1ccc(-n2ncc(C(C)N)c2C)cc1. The van der Waals surface area contributed by atoms with E-state index in [-0.39, 0.29) is 6.04 Å². The van der Waals surface area contributed by atoms with Gasteiger partial charge in [-0.3, -0.25) is 0 Å². The first-order valence-corrected chi connectivity index (χ1v) is 5.58. The van der Waals surface area contributed by atoms with Crippen LogP contribution in [0.15, 0.2) is 30.5 Å². The maximum atomic E-state index is 5.88. The van der Waals surface area contributed by atoms with Crippen molar-refractivity contribution >= 4 is 0 Å². The van der Waals surface area contributed by atoms with Gasteiger partial charge in [-0.05, 0) is 38.1 Å². The molecular weight excluding hydrogens is 214 g/mol. The molecule has 1 atom stereocenters. The van der Waals surface area contributed by atoms with E-state index in [4.69, 9.17) is 10.5 Å². The molecule has 0 aliphatic carbocycles. The van der Waals surface area contributed by atoms with E-state index in [1.165, 1.54) is 0 Å². The van der Waals surface area contributed by atoms with Crippen LogP contribution in [0.25, 0.3) is 5.69 Å². The highest BCUT2D eigenvalue weighted by molar-refractivity contribution is 5.39. The highest BCUT2D eigenvalue weighted by Crippen LogP contribution is 2.20. The number of hydrogen-bond acceptors (Lipinski definition) is 3. The number of rotatable bonds is 3. The molecule has 1 unspecified atom stereocenters. The van der Waals surface area contributed by atoms with Crippen LogP contribution in [0.5, 0.6) is 5.75 Å². The first-order chi connectivity index (χ1) is 8.13. The molecule has 0 aliphatic rings. The lowest BCUT2D eigenvalue weighted by molar-refractivity contribution is 0.414. The zero-order valence-corrected chi connectivity index (χ0v) is 10.3. The Kier molecular flexibility index (Phi) is 3.15. The number of nitrogens with two attached hydrogens (primary N) is 1. The van der Waals surface area contributed by atoms with Crippen molar-refractivity contribution in [2.45, 2.75) is 19.9 Å². The molecule has 0 aliphatic heterocycles. The molecule has 2 N–H and O–H groups in total. The van der Waals surface area contributed by atoms with Crippen molar-refractivity contribution in [2.24, 2.45) is 5.73 Å². The van der Waals surface area contributed by atoms with Crippen LogP contribution in [0.1, 0.15) is 24.2 Å². The van der Waals surface area contributed by atoms with E-state index in [1.807, 2.05) is 49.0 Å². The van der Waals surface area contributed by atoms with Gasteiger partial charge in [-0.2, -0.15) is 5.10 Å². The molecule has 1 aromatic carbocycles. The lowest BCUT2D eigenvalue weighted by Gasteiger charge is -2.08. The number of methoxy groups -OCH3 is 1. The average molecular weight is 231 g/mol. The fraction of sp³-hybridized carbons (Fsp3) is 0.308. The summed E-state index contributed by atoms with van der Waals surface area (Å²) in [5.74, 6) is 0.839. The molecule has 0 spiro atoms. The fourth-order valence-electron chi connectivity index (χ4n) is 1.85. The van der Waals surface area contributed by atoms with Crippen molar-refractivity contribution in [2.75, 3.05) is 7.11 Å². The predicted molar refractivity (Wildman–Crippen MR) is 67.5 cm³/mol. The van der Waals surface area contributed by atoms with Crippen molar-refractivity contribution in [3.8, 4) is 11.4 Å². The van der Waals surface area contributed by atoms with Crippen molar-refractivity contribution in [1.82, 2.24) is 9.78 Å². The highest BCUT2D eigenvalue weighted by Gasteiger charge is 2.10. The van der Waals surface area contributed by atoms with Gasteiger partial charge >= 0.3 is 0 Å². The van der Waals surface area contributed by atoms with Crippen LogP contribution >= 0.6 is 0 Å². The number of hydrogen-bond donors (Lipinski definition) is 1. The third-order valence-corrected chi connectivity index (χ3v) is 2.86. The van der Waals surface area contributed by atoms with E-state index in [1.54, 1.807) is 7.11 Å². The van der Waals surface area contributed by atoms with Crippen LogP contribution < -0.4 is 10.5 Å². The van der Waals surface area contributed by atoms with Crippen LogP contribution in [0.3, 0.4) is 0 Å². The number of ether oxygens (including phenoxy) is 1. The smallest absolute Gasteiger partial charge is 0.119 e. The Morgan fingerprint density at radius 2 is 1.94 bits per heavy atom. The molecule has 0 bridgehead atoms. The van der Waals surface area contributed by atoms with Crippen LogP contribution in [0.4, 0.5) is 0 Å². The van der Waals surface area contributed by atoms with Crippen molar-refractivity contribution in [1.29, 1.82) is 0 Å². The van der Waals surface area contributed by atoms with Gasteiger partial charge in [0.05, 0.1) is 19.0 Å². The van der Waals surface area contributed by atoms with E-state index in [0.717, 1.165) is 22.7 Å². The Morgan fingerprint density at radius 3 is 2.41 bits per heavy atom. The van der Waals surface area contributed by atoms with Crippen molar-refractivity contribution in [3.05, 3.63) is 41.7 Å². The van der Waals surface area contributed by atoms with Gasteiger partial charge in [0, 0.05) is 17.3 Å². The first-order valence-electron chi connectivity index (χ1n) is 5.58. The van der Waals surface area contributed by atoms with E-state index in [2.05, 4.69) is 5.10 Å². The van der Waals surface area contributed by atoms with Gasteiger partial charge in [0.15, 0.2) is 0 Å². The zero-order chi connectivity index (χ0) is 12.4. The molecule has 1 heterocycles. The fourth-order valence-corrected chi connectivity index (χ4v) is 1.85. The van der Waals surface area contributed by atoms with Crippen molar-refractivity contribution < 1.29 is 4.74 Å². The summed E-state index contributed by atoms with van der Waals surface area (Å²) in [6, 6.07) is 7.79. The van der Waals surface area contributed by atoms with Gasteiger partial charge < -0.3 is 10.5 Å². The molecule has 0 radical (unpaired) electrons. The van der Waals surface area contributed by atoms with Crippen LogP contribution in [-0.4, -0.2) is 16.9 Å². The monoisotopic (exact) mass is 231 g/mol. The second-order valence-corrected chi connectivity index (χ2v) is 4.08. The Balaban J connectivity index is 2.39. The Bertz CT molecular complexity index is 500. The second-order valence-electron chi connectivity index (χ2n) is 4.08. The second kappa shape index (κ2) is 4.59. The third-order valence-electron chi connectivity index (χ3n) is 2.86. The standard InChI is InChI=1S/C13H17N3O/c1-9(14)13-8-15-16(10(13)2)11-4-6-12(17-3)7-5-11/h4-9H,14H2,1-3H3. The molecule has 4 nitrogen and oxygen atoms in total. The summed E-state index contributed by atoms with van der Waals surface area (Å²) >= 11 is 0. The lowest BCUT2D eigenvalue weighted by Crippen LogP contribution is -2.07. The molecule has 1 aromatic heterocycles. The molecule has 17 heavy (non-hydrogen) atoms. The van der Waals surface area contributed by atoms with E-state index < -0.39 is 0 Å². The van der Waals surface area contributed by atoms with E-state index in [0.29, 0.717) is 0 Å². The Hall–Kier alpha value is -1.81. The summed E-state index contributed by atoms with van der Waals surface area (Å²) in [5.41, 5.74) is 9.03. The largest absolute Gasteiger partial charge is 0.497 e. The molecule has 2 aromatic rings. The average Bonchev–Trinajstić information content (AvgIpc) is 2.71. The minimum Gasteiger partial charge on any atom is -0.497 e. The summed E-state index contributed by atoms with van der Waals surface area (Å²) in [4.78, 5) is 0. The molecule has 0 amide bonds.